The highest BCUT2D eigenvalue weighted by Crippen LogP contribution is 2.24. The van der Waals surface area contributed by atoms with E-state index in [1.54, 1.807) is 55.6 Å². The Bertz CT molecular complexity index is 1120. The molecule has 0 saturated heterocycles. The normalized spacial score (nSPS) is 12.7. The van der Waals surface area contributed by atoms with Crippen LogP contribution in [0.4, 0.5) is 0 Å². The number of fused-ring (bicyclic) bond motifs is 1. The van der Waals surface area contributed by atoms with Crippen molar-refractivity contribution in [2.24, 2.45) is 0 Å². The van der Waals surface area contributed by atoms with Crippen molar-refractivity contribution in [2.45, 2.75) is 19.4 Å². The van der Waals surface area contributed by atoms with Crippen molar-refractivity contribution in [3.05, 3.63) is 107 Å². The number of hydrogen-bond acceptors (Lipinski definition) is 4. The van der Waals surface area contributed by atoms with Crippen LogP contribution in [0.1, 0.15) is 48.6 Å². The van der Waals surface area contributed by atoms with Crippen LogP contribution in [0.3, 0.4) is 0 Å². The molecule has 4 rings (SSSR count). The van der Waals surface area contributed by atoms with Crippen molar-refractivity contribution < 1.29 is 19.1 Å². The first-order valence-electron chi connectivity index (χ1n) is 11.4. The molecule has 0 atom stereocenters. The van der Waals surface area contributed by atoms with Gasteiger partial charge in [-0.2, -0.15) is 0 Å². The van der Waals surface area contributed by atoms with Crippen molar-refractivity contribution in [1.29, 1.82) is 0 Å². The second-order valence-electron chi connectivity index (χ2n) is 8.31. The van der Waals surface area contributed by atoms with Gasteiger partial charge in [0.25, 0.3) is 17.7 Å². The first kappa shape index (κ1) is 23.4. The van der Waals surface area contributed by atoms with Crippen LogP contribution in [0, 0.1) is 0 Å². The molecule has 0 unspecified atom stereocenters. The molecule has 6 nitrogen and oxygen atoms in total. The molecule has 0 fully saturated rings. The zero-order valence-corrected chi connectivity index (χ0v) is 19.3. The summed E-state index contributed by atoms with van der Waals surface area (Å²) in [5.74, 6) is -0.632. The summed E-state index contributed by atoms with van der Waals surface area (Å²) < 4.78 is 5.20. The molecule has 0 radical (unpaired) electrons. The lowest BCUT2D eigenvalue weighted by atomic mass is 10.1. The average molecular weight is 457 g/mol. The molecule has 1 heterocycles. The van der Waals surface area contributed by atoms with Gasteiger partial charge in [-0.1, -0.05) is 54.6 Å². The SMILES string of the molecule is COCCN(CCCc1ccccc1)C(=O)c1ccc(CN2C(=O)c3ccccc3C2=O)cc1. The Hall–Kier alpha value is -3.77. The molecule has 6 heteroatoms. The summed E-state index contributed by atoms with van der Waals surface area (Å²) in [6.07, 6.45) is 1.76. The fraction of sp³-hybridized carbons (Fsp3) is 0.250. The van der Waals surface area contributed by atoms with Gasteiger partial charge in [0.05, 0.1) is 24.3 Å². The molecule has 0 aromatic heterocycles. The van der Waals surface area contributed by atoms with Crippen molar-refractivity contribution in [3.63, 3.8) is 0 Å². The Labute approximate surface area is 199 Å². The zero-order chi connectivity index (χ0) is 23.9. The second kappa shape index (κ2) is 10.9. The summed E-state index contributed by atoms with van der Waals surface area (Å²) in [5, 5.41) is 0. The zero-order valence-electron chi connectivity index (χ0n) is 19.3. The Kier molecular flexibility index (Phi) is 7.50. The minimum Gasteiger partial charge on any atom is -0.383 e. The fourth-order valence-electron chi connectivity index (χ4n) is 4.14. The number of amides is 3. The van der Waals surface area contributed by atoms with Gasteiger partial charge in [0, 0.05) is 25.8 Å². The average Bonchev–Trinajstić information content (AvgIpc) is 3.12. The standard InChI is InChI=1S/C28H28N2O4/c1-34-19-18-29(17-7-10-21-8-3-2-4-9-21)26(31)23-15-13-22(14-16-23)20-30-27(32)24-11-5-6-12-25(24)28(30)33/h2-6,8-9,11-16H,7,10,17-20H2,1H3. The van der Waals surface area contributed by atoms with E-state index in [0.717, 1.165) is 18.4 Å². The van der Waals surface area contributed by atoms with E-state index in [0.29, 0.717) is 36.4 Å². The summed E-state index contributed by atoms with van der Waals surface area (Å²) in [7, 11) is 1.63. The first-order valence-corrected chi connectivity index (χ1v) is 11.4. The van der Waals surface area contributed by atoms with Gasteiger partial charge in [-0.05, 0) is 48.2 Å². The van der Waals surface area contributed by atoms with E-state index in [4.69, 9.17) is 4.74 Å². The van der Waals surface area contributed by atoms with E-state index in [1.165, 1.54) is 10.5 Å². The predicted molar refractivity (Wildman–Crippen MR) is 130 cm³/mol. The van der Waals surface area contributed by atoms with Crippen molar-refractivity contribution in [1.82, 2.24) is 9.80 Å². The number of methoxy groups -OCH3 is 1. The van der Waals surface area contributed by atoms with Crippen LogP contribution in [0.5, 0.6) is 0 Å². The monoisotopic (exact) mass is 456 g/mol. The number of ether oxygens (including phenoxy) is 1. The smallest absolute Gasteiger partial charge is 0.261 e. The van der Waals surface area contributed by atoms with Crippen LogP contribution in [0.25, 0.3) is 0 Å². The molecule has 0 spiro atoms. The maximum absolute atomic E-state index is 13.2. The molecule has 0 N–H and O–H groups in total. The van der Waals surface area contributed by atoms with Crippen LogP contribution < -0.4 is 0 Å². The molecule has 0 aliphatic carbocycles. The molecule has 3 aromatic carbocycles. The minimum atomic E-state index is -0.287. The number of nitrogens with zero attached hydrogens (tertiary/aromatic N) is 2. The highest BCUT2D eigenvalue weighted by molar-refractivity contribution is 6.21. The maximum Gasteiger partial charge on any atom is 0.261 e. The van der Waals surface area contributed by atoms with Gasteiger partial charge in [0.2, 0.25) is 0 Å². The number of rotatable bonds is 10. The summed E-state index contributed by atoms with van der Waals surface area (Å²) in [6, 6.07) is 24.2. The van der Waals surface area contributed by atoms with E-state index < -0.39 is 0 Å². The summed E-state index contributed by atoms with van der Waals surface area (Å²) in [4.78, 5) is 41.4. The lowest BCUT2D eigenvalue weighted by Gasteiger charge is -2.23. The predicted octanol–water partition coefficient (Wildman–Crippen LogP) is 4.20. The molecule has 174 valence electrons. The topological polar surface area (TPSA) is 66.9 Å². The van der Waals surface area contributed by atoms with E-state index in [9.17, 15) is 14.4 Å². The third-order valence-electron chi connectivity index (χ3n) is 6.01. The molecule has 3 aromatic rings. The molecular formula is C28H28N2O4. The Morgan fingerprint density at radius 2 is 1.41 bits per heavy atom. The van der Waals surface area contributed by atoms with Gasteiger partial charge in [0.15, 0.2) is 0 Å². The molecule has 34 heavy (non-hydrogen) atoms. The molecular weight excluding hydrogens is 428 g/mol. The van der Waals surface area contributed by atoms with Crippen molar-refractivity contribution in [2.75, 3.05) is 26.8 Å². The van der Waals surface area contributed by atoms with Gasteiger partial charge >= 0.3 is 0 Å². The summed E-state index contributed by atoms with van der Waals surface area (Å²) >= 11 is 0. The number of carbonyl (C=O) groups is 3. The molecule has 3 amide bonds. The van der Waals surface area contributed by atoms with Crippen LogP contribution >= 0.6 is 0 Å². The van der Waals surface area contributed by atoms with Gasteiger partial charge in [0.1, 0.15) is 0 Å². The number of hydrogen-bond donors (Lipinski definition) is 0. The van der Waals surface area contributed by atoms with Gasteiger partial charge in [-0.25, -0.2) is 0 Å². The number of aryl methyl sites for hydroxylation is 1. The summed E-state index contributed by atoms with van der Waals surface area (Å²) in [5.41, 5.74) is 3.48. The number of imide groups is 1. The summed E-state index contributed by atoms with van der Waals surface area (Å²) in [6.45, 7) is 1.79. The second-order valence-corrected chi connectivity index (χ2v) is 8.31. The van der Waals surface area contributed by atoms with Gasteiger partial charge in [-0.3, -0.25) is 19.3 Å². The quantitative estimate of drug-likeness (QED) is 0.429. The largest absolute Gasteiger partial charge is 0.383 e. The van der Waals surface area contributed by atoms with Gasteiger partial charge < -0.3 is 9.64 Å². The number of carbonyl (C=O) groups excluding carboxylic acids is 3. The first-order chi connectivity index (χ1) is 16.6. The van der Waals surface area contributed by atoms with Crippen LogP contribution in [-0.2, 0) is 17.7 Å². The lowest BCUT2D eigenvalue weighted by molar-refractivity contribution is 0.0639. The maximum atomic E-state index is 13.2. The Morgan fingerprint density at radius 1 is 0.794 bits per heavy atom. The lowest BCUT2D eigenvalue weighted by Crippen LogP contribution is -2.35. The van der Waals surface area contributed by atoms with Crippen molar-refractivity contribution in [3.8, 4) is 0 Å². The van der Waals surface area contributed by atoms with E-state index in [1.807, 2.05) is 23.1 Å². The van der Waals surface area contributed by atoms with E-state index >= 15 is 0 Å². The van der Waals surface area contributed by atoms with E-state index in [2.05, 4.69) is 12.1 Å². The van der Waals surface area contributed by atoms with Gasteiger partial charge in [-0.15, -0.1) is 0 Å². The third kappa shape index (κ3) is 5.24. The van der Waals surface area contributed by atoms with E-state index in [-0.39, 0.29) is 24.3 Å². The minimum absolute atomic E-state index is 0.0580. The molecule has 1 aliphatic rings. The van der Waals surface area contributed by atoms with Crippen LogP contribution in [0.2, 0.25) is 0 Å². The molecule has 1 aliphatic heterocycles. The highest BCUT2D eigenvalue weighted by atomic mass is 16.5. The number of benzene rings is 3. The Balaban J connectivity index is 1.39. The highest BCUT2D eigenvalue weighted by Gasteiger charge is 2.34. The molecule has 0 bridgehead atoms. The van der Waals surface area contributed by atoms with Crippen molar-refractivity contribution >= 4 is 17.7 Å². The van der Waals surface area contributed by atoms with Crippen LogP contribution in [-0.4, -0.2) is 54.3 Å². The van der Waals surface area contributed by atoms with Crippen LogP contribution in [0.15, 0.2) is 78.9 Å². The fourth-order valence-corrected chi connectivity index (χ4v) is 4.14. The molecule has 0 saturated carbocycles. The third-order valence-corrected chi connectivity index (χ3v) is 6.01. The Morgan fingerprint density at radius 3 is 2.03 bits per heavy atom.